The summed E-state index contributed by atoms with van der Waals surface area (Å²) in [6, 6.07) is 16.7. The topological polar surface area (TPSA) is 68.6 Å². The summed E-state index contributed by atoms with van der Waals surface area (Å²) in [7, 11) is 0. The summed E-state index contributed by atoms with van der Waals surface area (Å²) in [5.41, 5.74) is 13.1. The highest BCUT2D eigenvalue weighted by Gasteiger charge is 2.23. The number of amides is 1. The first-order valence-electron chi connectivity index (χ1n) is 11.7. The van der Waals surface area contributed by atoms with Crippen LogP contribution >= 0.6 is 11.3 Å². The maximum Gasteiger partial charge on any atom is 0.254 e. The van der Waals surface area contributed by atoms with Gasteiger partial charge in [-0.3, -0.25) is 4.79 Å². The van der Waals surface area contributed by atoms with Gasteiger partial charge in [0.2, 0.25) is 0 Å². The Bertz CT molecular complexity index is 1500. The molecule has 1 aliphatic heterocycles. The van der Waals surface area contributed by atoms with Crippen molar-refractivity contribution >= 4 is 33.8 Å². The third kappa shape index (κ3) is 3.61. The number of carbonyl (C=O) groups is 1. The van der Waals surface area contributed by atoms with Gasteiger partial charge in [-0.05, 0) is 66.4 Å². The Balaban J connectivity index is 1.43. The van der Waals surface area contributed by atoms with Crippen LogP contribution in [0.4, 0.5) is 0 Å². The molecule has 0 spiro atoms. The summed E-state index contributed by atoms with van der Waals surface area (Å²) in [4.78, 5) is 20.0. The molecule has 0 aliphatic carbocycles. The van der Waals surface area contributed by atoms with Crippen LogP contribution in [0, 0.1) is 6.92 Å². The predicted molar refractivity (Wildman–Crippen MR) is 137 cm³/mol. The van der Waals surface area contributed by atoms with Crippen LogP contribution < -0.4 is 5.73 Å². The normalized spacial score (nSPS) is 16.5. The number of rotatable bonds is 4. The molecule has 4 aromatic heterocycles. The number of nitrogens with zero attached hydrogens (tertiary/aromatic N) is 4. The zero-order valence-electron chi connectivity index (χ0n) is 19.1. The van der Waals surface area contributed by atoms with Crippen LogP contribution in [0.15, 0.2) is 65.5 Å². The zero-order valence-corrected chi connectivity index (χ0v) is 20.0. The molecule has 6 rings (SSSR count). The van der Waals surface area contributed by atoms with E-state index in [0.29, 0.717) is 12.1 Å². The third-order valence-corrected chi connectivity index (χ3v) is 7.56. The van der Waals surface area contributed by atoms with Gasteiger partial charge in [0, 0.05) is 54.0 Å². The van der Waals surface area contributed by atoms with E-state index in [-0.39, 0.29) is 11.9 Å². The van der Waals surface area contributed by atoms with Gasteiger partial charge in [0.15, 0.2) is 0 Å². The van der Waals surface area contributed by atoms with Crippen LogP contribution in [-0.2, 0) is 6.54 Å². The second-order valence-electron chi connectivity index (χ2n) is 9.15. The van der Waals surface area contributed by atoms with Crippen molar-refractivity contribution in [2.24, 2.45) is 5.73 Å². The minimum Gasteiger partial charge on any atom is -0.337 e. The Kier molecular flexibility index (Phi) is 5.23. The standard InChI is InChI=1S/C27H27N5OS/c1-18-26(24-13-20-5-2-3-7-23(20)32(24)15-19-9-12-34-17-19)29-25-14-21(8-11-31(18)25)27(33)30-10-4-6-22(28)16-30/h2-3,5,7-9,11-14,17,22H,4,6,10,15-16,28H2,1H3/t22-/m1/s1. The molecule has 6 nitrogen and oxygen atoms in total. The minimum atomic E-state index is 0.0337. The average molecular weight is 470 g/mol. The Hall–Kier alpha value is -3.42. The fraction of sp³-hybridized carbons (Fsp3) is 0.259. The lowest BCUT2D eigenvalue weighted by Crippen LogP contribution is -2.45. The van der Waals surface area contributed by atoms with Gasteiger partial charge in [-0.2, -0.15) is 11.3 Å². The number of imidazole rings is 1. The number of fused-ring (bicyclic) bond motifs is 2. The first-order chi connectivity index (χ1) is 16.6. The lowest BCUT2D eigenvalue weighted by Gasteiger charge is -2.30. The van der Waals surface area contributed by atoms with Crippen LogP contribution in [0.1, 0.15) is 34.5 Å². The van der Waals surface area contributed by atoms with Crippen molar-refractivity contribution in [1.29, 1.82) is 0 Å². The molecule has 1 saturated heterocycles. The molecular weight excluding hydrogens is 442 g/mol. The fourth-order valence-corrected chi connectivity index (χ4v) is 5.72. The molecule has 7 heteroatoms. The van der Waals surface area contributed by atoms with Crippen molar-refractivity contribution in [3.05, 3.63) is 82.3 Å². The number of para-hydroxylation sites is 1. The molecule has 172 valence electrons. The number of pyridine rings is 1. The fourth-order valence-electron chi connectivity index (χ4n) is 5.06. The van der Waals surface area contributed by atoms with Gasteiger partial charge in [-0.15, -0.1) is 0 Å². The molecule has 1 atom stereocenters. The molecule has 2 N–H and O–H groups in total. The number of piperidine rings is 1. The summed E-state index contributed by atoms with van der Waals surface area (Å²) in [6.45, 7) is 4.26. The van der Waals surface area contributed by atoms with Gasteiger partial charge >= 0.3 is 0 Å². The highest BCUT2D eigenvalue weighted by Crippen LogP contribution is 2.32. The molecular formula is C27H27N5OS. The number of nitrogens with two attached hydrogens (primary N) is 1. The number of carbonyl (C=O) groups excluding carboxylic acids is 1. The van der Waals surface area contributed by atoms with Crippen LogP contribution in [0.2, 0.25) is 0 Å². The number of aromatic nitrogens is 3. The quantitative estimate of drug-likeness (QED) is 0.405. The molecule has 0 saturated carbocycles. The number of hydrogen-bond donors (Lipinski definition) is 1. The van der Waals surface area contributed by atoms with Crippen LogP contribution in [-0.4, -0.2) is 43.9 Å². The first kappa shape index (κ1) is 21.1. The highest BCUT2D eigenvalue weighted by molar-refractivity contribution is 7.07. The van der Waals surface area contributed by atoms with E-state index in [1.165, 1.54) is 16.5 Å². The van der Waals surface area contributed by atoms with Crippen molar-refractivity contribution < 1.29 is 4.79 Å². The van der Waals surface area contributed by atoms with E-state index in [1.54, 1.807) is 11.3 Å². The first-order valence-corrected chi connectivity index (χ1v) is 12.7. The number of thiophene rings is 1. The number of benzene rings is 1. The summed E-state index contributed by atoms with van der Waals surface area (Å²) in [6.07, 6.45) is 3.89. The molecule has 5 aromatic rings. The molecule has 1 amide bonds. The second-order valence-corrected chi connectivity index (χ2v) is 9.93. The van der Waals surface area contributed by atoms with Crippen LogP contribution in [0.5, 0.6) is 0 Å². The van der Waals surface area contributed by atoms with E-state index in [1.807, 2.05) is 23.2 Å². The maximum atomic E-state index is 13.1. The molecule has 5 heterocycles. The largest absolute Gasteiger partial charge is 0.337 e. The SMILES string of the molecule is Cc1c(-c2cc3ccccc3n2Cc2ccsc2)nc2cc(C(=O)N3CCC[C@@H](N)C3)ccn12. The van der Waals surface area contributed by atoms with E-state index in [2.05, 4.69) is 63.0 Å². The smallest absolute Gasteiger partial charge is 0.254 e. The van der Waals surface area contributed by atoms with Gasteiger partial charge in [0.05, 0.1) is 5.69 Å². The van der Waals surface area contributed by atoms with Gasteiger partial charge < -0.3 is 19.6 Å². The van der Waals surface area contributed by atoms with E-state index in [0.717, 1.165) is 48.7 Å². The van der Waals surface area contributed by atoms with Crippen LogP contribution in [0.25, 0.3) is 27.9 Å². The molecule has 0 radical (unpaired) electrons. The predicted octanol–water partition coefficient (Wildman–Crippen LogP) is 4.94. The molecule has 1 fully saturated rings. The van der Waals surface area contributed by atoms with Crippen molar-refractivity contribution in [1.82, 2.24) is 18.9 Å². The molecule has 1 aliphatic rings. The number of hydrogen-bond acceptors (Lipinski definition) is 4. The lowest BCUT2D eigenvalue weighted by atomic mass is 10.1. The third-order valence-electron chi connectivity index (χ3n) is 6.83. The Morgan fingerprint density at radius 1 is 1.21 bits per heavy atom. The Labute approximate surface area is 202 Å². The average Bonchev–Trinajstić information content (AvgIpc) is 3.57. The van der Waals surface area contributed by atoms with Gasteiger partial charge in [0.25, 0.3) is 5.91 Å². The van der Waals surface area contributed by atoms with Gasteiger partial charge in [-0.1, -0.05) is 18.2 Å². The second kappa shape index (κ2) is 8.42. The van der Waals surface area contributed by atoms with Crippen molar-refractivity contribution in [2.45, 2.75) is 32.4 Å². The summed E-state index contributed by atoms with van der Waals surface area (Å²) >= 11 is 1.71. The maximum absolute atomic E-state index is 13.1. The molecule has 34 heavy (non-hydrogen) atoms. The van der Waals surface area contributed by atoms with E-state index >= 15 is 0 Å². The monoisotopic (exact) mass is 469 g/mol. The van der Waals surface area contributed by atoms with Gasteiger partial charge in [-0.25, -0.2) is 4.98 Å². The summed E-state index contributed by atoms with van der Waals surface area (Å²) in [5, 5.41) is 5.51. The van der Waals surface area contributed by atoms with Crippen molar-refractivity contribution in [3.8, 4) is 11.4 Å². The van der Waals surface area contributed by atoms with E-state index in [4.69, 9.17) is 10.7 Å². The molecule has 1 aromatic carbocycles. The number of likely N-dealkylation sites (tertiary alicyclic amines) is 1. The number of aryl methyl sites for hydroxylation is 1. The molecule has 0 bridgehead atoms. The Morgan fingerprint density at radius 3 is 2.91 bits per heavy atom. The van der Waals surface area contributed by atoms with E-state index < -0.39 is 0 Å². The van der Waals surface area contributed by atoms with Crippen LogP contribution in [0.3, 0.4) is 0 Å². The minimum absolute atomic E-state index is 0.0337. The highest BCUT2D eigenvalue weighted by atomic mass is 32.1. The van der Waals surface area contributed by atoms with Crippen molar-refractivity contribution in [2.75, 3.05) is 13.1 Å². The Morgan fingerprint density at radius 2 is 2.09 bits per heavy atom. The summed E-state index contributed by atoms with van der Waals surface area (Å²) < 4.78 is 4.41. The lowest BCUT2D eigenvalue weighted by molar-refractivity contribution is 0.0709. The van der Waals surface area contributed by atoms with Crippen molar-refractivity contribution in [3.63, 3.8) is 0 Å². The van der Waals surface area contributed by atoms with E-state index in [9.17, 15) is 4.79 Å². The van der Waals surface area contributed by atoms with Gasteiger partial charge in [0.1, 0.15) is 11.3 Å². The zero-order chi connectivity index (χ0) is 23.2. The summed E-state index contributed by atoms with van der Waals surface area (Å²) in [5.74, 6) is 0.0337. The molecule has 0 unspecified atom stereocenters.